The summed E-state index contributed by atoms with van der Waals surface area (Å²) < 4.78 is 0. The summed E-state index contributed by atoms with van der Waals surface area (Å²) in [5, 5.41) is 16.0. The standard InChI is InChI=1S/C29H29ClN4O4/c1-33(2)14-13-25(35)34(3)22-10-8-21(9-11-22)31-28(19-6-4-5-18(15-19)16-26(36)37)27-23-12-7-20(30)17-24(23)32-29(27)38/h4-12,15,17,31H,13-14,16H2,1-3H3,(H,32,38)(H,36,37)/b28-27-. The average molecular weight is 533 g/mol. The van der Waals surface area contributed by atoms with Crippen LogP contribution in [0.3, 0.4) is 0 Å². The molecule has 3 N–H and O–H groups in total. The average Bonchev–Trinajstić information content (AvgIpc) is 3.19. The number of rotatable bonds is 9. The number of nitrogens with one attached hydrogen (secondary N) is 2. The van der Waals surface area contributed by atoms with Crippen LogP contribution >= 0.6 is 11.6 Å². The summed E-state index contributed by atoms with van der Waals surface area (Å²) in [7, 11) is 5.59. The number of benzene rings is 3. The molecule has 0 saturated carbocycles. The molecular weight excluding hydrogens is 504 g/mol. The number of fused-ring (bicyclic) bond motifs is 1. The molecule has 0 unspecified atom stereocenters. The van der Waals surface area contributed by atoms with Crippen molar-refractivity contribution < 1.29 is 19.5 Å². The summed E-state index contributed by atoms with van der Waals surface area (Å²) in [5.74, 6) is -1.23. The Hall–Kier alpha value is -4.14. The second-order valence-corrected chi connectivity index (χ2v) is 9.78. The number of carbonyl (C=O) groups is 3. The molecular formula is C29H29ClN4O4. The Kier molecular flexibility index (Phi) is 8.14. The van der Waals surface area contributed by atoms with Crippen LogP contribution < -0.4 is 15.5 Å². The van der Waals surface area contributed by atoms with Gasteiger partial charge in [0.1, 0.15) is 0 Å². The molecule has 0 aliphatic carbocycles. The van der Waals surface area contributed by atoms with E-state index in [2.05, 4.69) is 10.6 Å². The molecule has 0 saturated heterocycles. The van der Waals surface area contributed by atoms with E-state index in [1.54, 1.807) is 48.3 Å². The fourth-order valence-corrected chi connectivity index (χ4v) is 4.40. The molecule has 1 aliphatic rings. The van der Waals surface area contributed by atoms with E-state index in [-0.39, 0.29) is 18.2 Å². The lowest BCUT2D eigenvalue weighted by atomic mass is 9.98. The molecule has 0 radical (unpaired) electrons. The maximum Gasteiger partial charge on any atom is 0.307 e. The van der Waals surface area contributed by atoms with E-state index < -0.39 is 5.97 Å². The lowest BCUT2D eigenvalue weighted by Crippen LogP contribution is -2.29. The Balaban J connectivity index is 1.71. The smallest absolute Gasteiger partial charge is 0.307 e. The number of halogens is 1. The summed E-state index contributed by atoms with van der Waals surface area (Å²) >= 11 is 6.14. The minimum absolute atomic E-state index is 0.00959. The van der Waals surface area contributed by atoms with E-state index in [1.165, 1.54) is 0 Å². The van der Waals surface area contributed by atoms with Gasteiger partial charge in [0.15, 0.2) is 0 Å². The molecule has 3 aromatic carbocycles. The molecule has 1 heterocycles. The highest BCUT2D eigenvalue weighted by molar-refractivity contribution is 6.38. The zero-order chi connectivity index (χ0) is 27.4. The van der Waals surface area contributed by atoms with Gasteiger partial charge < -0.3 is 25.5 Å². The normalized spacial score (nSPS) is 13.7. The minimum atomic E-state index is -0.942. The number of hydrogen-bond donors (Lipinski definition) is 3. The van der Waals surface area contributed by atoms with Gasteiger partial charge in [0, 0.05) is 42.0 Å². The van der Waals surface area contributed by atoms with Crippen LogP contribution in [0.25, 0.3) is 11.3 Å². The van der Waals surface area contributed by atoms with Crippen molar-refractivity contribution in [1.82, 2.24) is 4.90 Å². The van der Waals surface area contributed by atoms with Gasteiger partial charge in [-0.1, -0.05) is 35.9 Å². The number of carbonyl (C=O) groups excluding carboxylic acids is 2. The third-order valence-electron chi connectivity index (χ3n) is 6.22. The third kappa shape index (κ3) is 6.22. The summed E-state index contributed by atoms with van der Waals surface area (Å²) in [6.45, 7) is 0.662. The number of carboxylic acid groups (broad SMARTS) is 1. The monoisotopic (exact) mass is 532 g/mol. The number of hydrogen-bond acceptors (Lipinski definition) is 5. The lowest BCUT2D eigenvalue weighted by Gasteiger charge is -2.20. The third-order valence-corrected chi connectivity index (χ3v) is 6.45. The van der Waals surface area contributed by atoms with Gasteiger partial charge in [0.25, 0.3) is 5.91 Å². The molecule has 2 amide bonds. The fraction of sp³-hybridized carbons (Fsp3) is 0.207. The summed E-state index contributed by atoms with van der Waals surface area (Å²) in [5.41, 5.74) is 4.96. The highest BCUT2D eigenvalue weighted by atomic mass is 35.5. The van der Waals surface area contributed by atoms with E-state index in [0.717, 1.165) is 5.69 Å². The van der Waals surface area contributed by atoms with Gasteiger partial charge in [-0.05, 0) is 67.7 Å². The molecule has 4 rings (SSSR count). The Bertz CT molecular complexity index is 1420. The molecule has 0 bridgehead atoms. The number of nitrogens with zero attached hydrogens (tertiary/aromatic N) is 2. The van der Waals surface area contributed by atoms with Gasteiger partial charge in [0.2, 0.25) is 5.91 Å². The first-order valence-electron chi connectivity index (χ1n) is 12.1. The van der Waals surface area contributed by atoms with Crippen molar-refractivity contribution in [3.8, 4) is 0 Å². The number of anilines is 3. The second kappa shape index (κ2) is 11.5. The minimum Gasteiger partial charge on any atom is -0.481 e. The second-order valence-electron chi connectivity index (χ2n) is 9.34. The molecule has 1 aliphatic heterocycles. The van der Waals surface area contributed by atoms with Crippen molar-refractivity contribution in [1.29, 1.82) is 0 Å². The zero-order valence-electron chi connectivity index (χ0n) is 21.4. The summed E-state index contributed by atoms with van der Waals surface area (Å²) in [4.78, 5) is 40.6. The van der Waals surface area contributed by atoms with Crippen molar-refractivity contribution >= 4 is 57.7 Å². The van der Waals surface area contributed by atoms with E-state index in [0.29, 0.717) is 57.3 Å². The Labute approximate surface area is 226 Å². The number of aliphatic carboxylic acids is 1. The molecule has 0 atom stereocenters. The molecule has 3 aromatic rings. The van der Waals surface area contributed by atoms with Gasteiger partial charge in [-0.25, -0.2) is 0 Å². The predicted octanol–water partition coefficient (Wildman–Crippen LogP) is 4.81. The SMILES string of the molecule is CN(C)CCC(=O)N(C)c1ccc(N/C(=C2\C(=O)Nc3cc(Cl)ccc32)c2cccc(CC(=O)O)c2)cc1. The van der Waals surface area contributed by atoms with Gasteiger partial charge in [-0.2, -0.15) is 0 Å². The van der Waals surface area contributed by atoms with Crippen LogP contribution in [0, 0.1) is 0 Å². The van der Waals surface area contributed by atoms with Crippen molar-refractivity contribution in [2.24, 2.45) is 0 Å². The van der Waals surface area contributed by atoms with Crippen molar-refractivity contribution in [3.63, 3.8) is 0 Å². The first-order chi connectivity index (χ1) is 18.1. The van der Waals surface area contributed by atoms with E-state index in [1.807, 2.05) is 49.3 Å². The van der Waals surface area contributed by atoms with Crippen LogP contribution in [0.15, 0.2) is 66.7 Å². The summed E-state index contributed by atoms with van der Waals surface area (Å²) in [6.07, 6.45) is 0.267. The lowest BCUT2D eigenvalue weighted by molar-refractivity contribution is -0.136. The van der Waals surface area contributed by atoms with Crippen LogP contribution in [0.2, 0.25) is 5.02 Å². The maximum atomic E-state index is 13.1. The highest BCUT2D eigenvalue weighted by Crippen LogP contribution is 2.39. The molecule has 38 heavy (non-hydrogen) atoms. The predicted molar refractivity (Wildman–Crippen MR) is 151 cm³/mol. The Morgan fingerprint density at radius 2 is 1.74 bits per heavy atom. The van der Waals surface area contributed by atoms with Crippen LogP contribution in [0.4, 0.5) is 17.1 Å². The largest absolute Gasteiger partial charge is 0.481 e. The van der Waals surface area contributed by atoms with E-state index >= 15 is 0 Å². The van der Waals surface area contributed by atoms with Crippen molar-refractivity contribution in [2.75, 3.05) is 43.2 Å². The molecule has 0 fully saturated rings. The molecule has 0 aromatic heterocycles. The van der Waals surface area contributed by atoms with Crippen LogP contribution in [0.5, 0.6) is 0 Å². The van der Waals surface area contributed by atoms with Gasteiger partial charge in [0.05, 0.1) is 23.4 Å². The van der Waals surface area contributed by atoms with Crippen LogP contribution in [-0.4, -0.2) is 55.5 Å². The number of amides is 2. The van der Waals surface area contributed by atoms with Gasteiger partial charge in [-0.3, -0.25) is 14.4 Å². The molecule has 9 heteroatoms. The van der Waals surface area contributed by atoms with Crippen LogP contribution in [-0.2, 0) is 20.8 Å². The fourth-order valence-electron chi connectivity index (χ4n) is 4.23. The summed E-state index contributed by atoms with van der Waals surface area (Å²) in [6, 6.07) is 19.6. The van der Waals surface area contributed by atoms with Crippen LogP contribution in [0.1, 0.15) is 23.1 Å². The van der Waals surface area contributed by atoms with Crippen molar-refractivity contribution in [2.45, 2.75) is 12.8 Å². The van der Waals surface area contributed by atoms with E-state index in [9.17, 15) is 19.5 Å². The Morgan fingerprint density at radius 3 is 2.42 bits per heavy atom. The zero-order valence-corrected chi connectivity index (χ0v) is 22.2. The topological polar surface area (TPSA) is 102 Å². The van der Waals surface area contributed by atoms with E-state index in [4.69, 9.17) is 11.6 Å². The first-order valence-corrected chi connectivity index (χ1v) is 12.4. The maximum absolute atomic E-state index is 13.1. The molecule has 8 nitrogen and oxygen atoms in total. The molecule has 0 spiro atoms. The Morgan fingerprint density at radius 1 is 1.00 bits per heavy atom. The number of carboxylic acids is 1. The first kappa shape index (κ1) is 26.9. The van der Waals surface area contributed by atoms with Crippen molar-refractivity contribution in [3.05, 3.63) is 88.4 Å². The quantitative estimate of drug-likeness (QED) is 0.342. The molecule has 196 valence electrons. The van der Waals surface area contributed by atoms with Gasteiger partial charge in [-0.15, -0.1) is 0 Å². The van der Waals surface area contributed by atoms with Gasteiger partial charge >= 0.3 is 5.97 Å². The highest BCUT2D eigenvalue weighted by Gasteiger charge is 2.29.